The predicted molar refractivity (Wildman–Crippen MR) is 119 cm³/mol. The Labute approximate surface area is 182 Å². The molecular weight excluding hydrogens is 388 g/mol. The number of amides is 1. The summed E-state index contributed by atoms with van der Waals surface area (Å²) in [6.45, 7) is 1.59. The molecule has 0 spiro atoms. The maximum atomic E-state index is 12.9. The van der Waals surface area contributed by atoms with E-state index in [0.29, 0.717) is 5.88 Å². The van der Waals surface area contributed by atoms with E-state index >= 15 is 0 Å². The van der Waals surface area contributed by atoms with Crippen molar-refractivity contribution in [2.75, 3.05) is 18.0 Å². The molecule has 1 aliphatic heterocycles. The number of nitrogens with one attached hydrogen (secondary N) is 1. The first-order valence-corrected chi connectivity index (χ1v) is 10.9. The number of rotatable bonds is 5. The molecule has 1 N–H and O–H groups in total. The highest BCUT2D eigenvalue weighted by atomic mass is 16.5. The topological polar surface area (TPSA) is 67.4 Å². The van der Waals surface area contributed by atoms with Crippen molar-refractivity contribution >= 4 is 11.7 Å². The Bertz CT molecular complexity index is 1050. The van der Waals surface area contributed by atoms with Crippen LogP contribution in [0.25, 0.3) is 0 Å². The fraction of sp³-hybridized carbons (Fsp3) is 0.320. The van der Waals surface area contributed by atoms with Gasteiger partial charge in [-0.1, -0.05) is 42.5 Å². The standard InChI is InChI=1S/C25H26N4O2/c30-25(28-22-11-10-18-6-4-5-9-21(18)22)19-12-14-29(15-13-19)23-16-24(27-17-26-23)31-20-7-2-1-3-8-20/h1-9,16-17,19,22H,10-15H2,(H,28,30)/t22-/m0/s1. The number of carbonyl (C=O) groups excluding carboxylic acids is 1. The lowest BCUT2D eigenvalue weighted by Crippen LogP contribution is -2.41. The second-order valence-electron chi connectivity index (χ2n) is 8.19. The van der Waals surface area contributed by atoms with Crippen LogP contribution in [-0.4, -0.2) is 29.0 Å². The molecule has 1 atom stereocenters. The summed E-state index contributed by atoms with van der Waals surface area (Å²) in [6.07, 6.45) is 5.21. The highest BCUT2D eigenvalue weighted by molar-refractivity contribution is 5.79. The number of ether oxygens (including phenoxy) is 1. The zero-order chi connectivity index (χ0) is 21.0. The monoisotopic (exact) mass is 414 g/mol. The van der Waals surface area contributed by atoms with Crippen molar-refractivity contribution in [2.24, 2.45) is 5.92 Å². The lowest BCUT2D eigenvalue weighted by Gasteiger charge is -2.32. The number of para-hydroxylation sites is 1. The third-order valence-electron chi connectivity index (χ3n) is 6.23. The van der Waals surface area contributed by atoms with E-state index in [0.717, 1.165) is 50.3 Å². The zero-order valence-electron chi connectivity index (χ0n) is 17.4. The Kier molecular flexibility index (Phi) is 5.52. The van der Waals surface area contributed by atoms with Gasteiger partial charge in [0.25, 0.3) is 0 Å². The van der Waals surface area contributed by atoms with Crippen LogP contribution >= 0.6 is 0 Å². The van der Waals surface area contributed by atoms with Gasteiger partial charge < -0.3 is 15.0 Å². The van der Waals surface area contributed by atoms with Crippen molar-refractivity contribution in [2.45, 2.75) is 31.7 Å². The Balaban J connectivity index is 1.17. The molecule has 0 unspecified atom stereocenters. The Morgan fingerprint density at radius 3 is 2.58 bits per heavy atom. The van der Waals surface area contributed by atoms with Crippen LogP contribution in [0.4, 0.5) is 5.82 Å². The highest BCUT2D eigenvalue weighted by Gasteiger charge is 2.29. The number of hydrogen-bond donors (Lipinski definition) is 1. The van der Waals surface area contributed by atoms with Gasteiger partial charge in [-0.05, 0) is 48.9 Å². The maximum absolute atomic E-state index is 12.9. The number of carbonyl (C=O) groups is 1. The van der Waals surface area contributed by atoms with Gasteiger partial charge >= 0.3 is 0 Å². The van der Waals surface area contributed by atoms with Crippen LogP contribution in [0, 0.1) is 5.92 Å². The fourth-order valence-electron chi connectivity index (χ4n) is 4.54. The van der Waals surface area contributed by atoms with E-state index in [4.69, 9.17) is 4.74 Å². The van der Waals surface area contributed by atoms with Gasteiger partial charge in [-0.15, -0.1) is 0 Å². The molecule has 1 aliphatic carbocycles. The second kappa shape index (κ2) is 8.76. The van der Waals surface area contributed by atoms with Gasteiger partial charge in [-0.25, -0.2) is 9.97 Å². The van der Waals surface area contributed by atoms with E-state index in [9.17, 15) is 4.79 Å². The molecule has 6 nitrogen and oxygen atoms in total. The van der Waals surface area contributed by atoms with Crippen LogP contribution in [-0.2, 0) is 11.2 Å². The summed E-state index contributed by atoms with van der Waals surface area (Å²) in [6, 6.07) is 20.0. The van der Waals surface area contributed by atoms with Gasteiger partial charge in [0.05, 0.1) is 6.04 Å². The molecule has 1 fully saturated rings. The van der Waals surface area contributed by atoms with E-state index < -0.39 is 0 Å². The van der Waals surface area contributed by atoms with Crippen LogP contribution in [0.3, 0.4) is 0 Å². The summed E-state index contributed by atoms with van der Waals surface area (Å²) in [5, 5.41) is 3.29. The summed E-state index contributed by atoms with van der Waals surface area (Å²) in [4.78, 5) is 23.7. The lowest BCUT2D eigenvalue weighted by molar-refractivity contribution is -0.126. The van der Waals surface area contributed by atoms with E-state index in [1.165, 1.54) is 17.5 Å². The molecule has 2 aromatic carbocycles. The van der Waals surface area contributed by atoms with E-state index in [-0.39, 0.29) is 17.9 Å². The van der Waals surface area contributed by atoms with Gasteiger partial charge in [0.2, 0.25) is 11.8 Å². The summed E-state index contributed by atoms with van der Waals surface area (Å²) >= 11 is 0. The van der Waals surface area contributed by atoms with Crippen LogP contribution in [0.2, 0.25) is 0 Å². The molecule has 31 heavy (non-hydrogen) atoms. The number of aryl methyl sites for hydroxylation is 1. The zero-order valence-corrected chi connectivity index (χ0v) is 17.4. The molecule has 5 rings (SSSR count). The van der Waals surface area contributed by atoms with E-state index in [1.54, 1.807) is 0 Å². The Hall–Kier alpha value is -3.41. The van der Waals surface area contributed by atoms with Gasteiger partial charge in [0.15, 0.2) is 0 Å². The average Bonchev–Trinajstić information content (AvgIpc) is 3.23. The SMILES string of the molecule is O=C(N[C@H]1CCc2ccccc21)C1CCN(c2cc(Oc3ccccc3)ncn2)CC1. The smallest absolute Gasteiger partial charge is 0.224 e. The molecule has 1 saturated heterocycles. The number of benzene rings is 2. The van der Waals surface area contributed by atoms with Crippen LogP contribution in [0.15, 0.2) is 67.0 Å². The Morgan fingerprint density at radius 1 is 0.968 bits per heavy atom. The number of piperidine rings is 1. The average molecular weight is 415 g/mol. The van der Waals surface area contributed by atoms with Crippen molar-refractivity contribution in [3.05, 3.63) is 78.1 Å². The second-order valence-corrected chi connectivity index (χ2v) is 8.19. The summed E-state index contributed by atoms with van der Waals surface area (Å²) in [5.41, 5.74) is 2.64. The molecule has 0 bridgehead atoms. The van der Waals surface area contributed by atoms with Crippen molar-refractivity contribution in [1.29, 1.82) is 0 Å². The van der Waals surface area contributed by atoms with Gasteiger partial charge in [0.1, 0.15) is 17.9 Å². The molecule has 3 aromatic rings. The number of anilines is 1. The molecule has 1 aromatic heterocycles. The molecule has 0 saturated carbocycles. The van der Waals surface area contributed by atoms with Gasteiger partial charge in [0, 0.05) is 25.1 Å². The molecular formula is C25H26N4O2. The minimum Gasteiger partial charge on any atom is -0.439 e. The predicted octanol–water partition coefficient (Wildman–Crippen LogP) is 4.29. The van der Waals surface area contributed by atoms with Crippen LogP contribution in [0.1, 0.15) is 36.4 Å². The molecule has 158 valence electrons. The van der Waals surface area contributed by atoms with E-state index in [1.807, 2.05) is 36.4 Å². The molecule has 6 heteroatoms. The number of fused-ring (bicyclic) bond motifs is 1. The molecule has 1 amide bonds. The molecule has 2 heterocycles. The van der Waals surface area contributed by atoms with Crippen molar-refractivity contribution in [1.82, 2.24) is 15.3 Å². The maximum Gasteiger partial charge on any atom is 0.224 e. The first kappa shape index (κ1) is 19.5. The summed E-state index contributed by atoms with van der Waals surface area (Å²) in [5.74, 6) is 2.33. The lowest BCUT2D eigenvalue weighted by atomic mass is 9.95. The Morgan fingerprint density at radius 2 is 1.74 bits per heavy atom. The van der Waals surface area contributed by atoms with Crippen molar-refractivity contribution in [3.63, 3.8) is 0 Å². The van der Waals surface area contributed by atoms with Crippen molar-refractivity contribution < 1.29 is 9.53 Å². The normalized spacial score (nSPS) is 18.5. The minimum atomic E-state index is 0.0471. The van der Waals surface area contributed by atoms with Gasteiger partial charge in [-0.3, -0.25) is 4.79 Å². The van der Waals surface area contributed by atoms with Crippen LogP contribution in [0.5, 0.6) is 11.6 Å². The third-order valence-corrected chi connectivity index (χ3v) is 6.23. The summed E-state index contributed by atoms with van der Waals surface area (Å²) in [7, 11) is 0. The minimum absolute atomic E-state index is 0.0471. The number of nitrogens with zero attached hydrogens (tertiary/aromatic N) is 3. The first-order chi connectivity index (χ1) is 15.3. The molecule has 0 radical (unpaired) electrons. The molecule has 2 aliphatic rings. The fourth-order valence-corrected chi connectivity index (χ4v) is 4.54. The summed E-state index contributed by atoms with van der Waals surface area (Å²) < 4.78 is 5.83. The highest BCUT2D eigenvalue weighted by Crippen LogP contribution is 2.32. The van der Waals surface area contributed by atoms with E-state index in [2.05, 4.69) is 44.5 Å². The van der Waals surface area contributed by atoms with Crippen LogP contribution < -0.4 is 15.0 Å². The largest absolute Gasteiger partial charge is 0.439 e. The van der Waals surface area contributed by atoms with Gasteiger partial charge in [-0.2, -0.15) is 0 Å². The number of aromatic nitrogens is 2. The number of hydrogen-bond acceptors (Lipinski definition) is 5. The quantitative estimate of drug-likeness (QED) is 0.675. The third kappa shape index (κ3) is 4.38. The van der Waals surface area contributed by atoms with Crippen molar-refractivity contribution in [3.8, 4) is 11.6 Å². The first-order valence-electron chi connectivity index (χ1n) is 10.9.